The summed E-state index contributed by atoms with van der Waals surface area (Å²) in [7, 11) is 0. The minimum absolute atomic E-state index is 0.205. The highest BCUT2D eigenvalue weighted by atomic mass is 35.5. The van der Waals surface area contributed by atoms with Gasteiger partial charge in [0.25, 0.3) is 5.95 Å². The van der Waals surface area contributed by atoms with E-state index in [0.29, 0.717) is 11.8 Å². The summed E-state index contributed by atoms with van der Waals surface area (Å²) in [6, 6.07) is 0. The highest BCUT2D eigenvalue weighted by Gasteiger charge is 2.19. The van der Waals surface area contributed by atoms with E-state index in [2.05, 4.69) is 15.0 Å². The zero-order chi connectivity index (χ0) is 9.26. The van der Waals surface area contributed by atoms with Crippen molar-refractivity contribution in [2.24, 2.45) is 0 Å². The third kappa shape index (κ3) is 1.77. The van der Waals surface area contributed by atoms with E-state index < -0.39 is 0 Å². The summed E-state index contributed by atoms with van der Waals surface area (Å²) >= 11 is 5.81. The number of nitrogens with zero attached hydrogens (tertiary/aromatic N) is 3. The van der Waals surface area contributed by atoms with Crippen molar-refractivity contribution >= 4 is 17.5 Å². The molecule has 2 rings (SSSR count). The molecule has 0 saturated carbocycles. The molecule has 2 heterocycles. The summed E-state index contributed by atoms with van der Waals surface area (Å²) in [4.78, 5) is 6.33. The molecule has 0 bridgehead atoms. The molecular weight excluding hydrogens is 190 g/mol. The Morgan fingerprint density at radius 1 is 1.46 bits per heavy atom. The predicted molar refractivity (Wildman–Crippen MR) is 50.0 cm³/mol. The second kappa shape index (κ2) is 3.54. The van der Waals surface area contributed by atoms with E-state index in [1.54, 1.807) is 0 Å². The highest BCUT2D eigenvalue weighted by Crippen LogP contribution is 2.21. The van der Waals surface area contributed by atoms with Crippen LogP contribution in [0.15, 0.2) is 4.52 Å². The van der Waals surface area contributed by atoms with Gasteiger partial charge in [-0.3, -0.25) is 0 Å². The molecule has 0 radical (unpaired) electrons. The molecule has 72 valence electrons. The summed E-state index contributed by atoms with van der Waals surface area (Å²) in [5.74, 6) is 1.18. The van der Waals surface area contributed by atoms with E-state index >= 15 is 0 Å². The van der Waals surface area contributed by atoms with Crippen LogP contribution in [0.5, 0.6) is 0 Å². The van der Waals surface area contributed by atoms with Gasteiger partial charge in [0.2, 0.25) is 5.89 Å². The van der Waals surface area contributed by atoms with Crippen molar-refractivity contribution in [3.63, 3.8) is 0 Å². The number of hydrogen-bond donors (Lipinski definition) is 0. The maximum atomic E-state index is 5.81. The van der Waals surface area contributed by atoms with Crippen molar-refractivity contribution in [2.45, 2.75) is 25.1 Å². The quantitative estimate of drug-likeness (QED) is 0.687. The van der Waals surface area contributed by atoms with Gasteiger partial charge < -0.3 is 9.42 Å². The van der Waals surface area contributed by atoms with E-state index in [-0.39, 0.29) is 5.38 Å². The van der Waals surface area contributed by atoms with Crippen molar-refractivity contribution in [3.05, 3.63) is 5.89 Å². The lowest BCUT2D eigenvalue weighted by molar-refractivity contribution is 0.378. The molecule has 1 saturated heterocycles. The minimum atomic E-state index is -0.205. The largest absolute Gasteiger partial charge is 0.338 e. The smallest absolute Gasteiger partial charge is 0.266 e. The Labute approximate surface area is 81.9 Å². The molecule has 5 heteroatoms. The molecule has 13 heavy (non-hydrogen) atoms. The van der Waals surface area contributed by atoms with Gasteiger partial charge in [-0.15, -0.1) is 11.6 Å². The van der Waals surface area contributed by atoms with Crippen molar-refractivity contribution in [1.29, 1.82) is 0 Å². The van der Waals surface area contributed by atoms with Gasteiger partial charge >= 0.3 is 0 Å². The van der Waals surface area contributed by atoms with Gasteiger partial charge in [-0.1, -0.05) is 0 Å². The second-order valence-corrected chi connectivity index (χ2v) is 3.90. The van der Waals surface area contributed by atoms with Gasteiger partial charge in [0.15, 0.2) is 0 Å². The van der Waals surface area contributed by atoms with E-state index in [1.807, 2.05) is 6.92 Å². The normalized spacial score (nSPS) is 19.4. The Balaban J connectivity index is 2.12. The maximum Gasteiger partial charge on any atom is 0.266 e. The van der Waals surface area contributed by atoms with Crippen LogP contribution in [0.3, 0.4) is 0 Å². The third-order valence-corrected chi connectivity index (χ3v) is 2.35. The average Bonchev–Trinajstić information content (AvgIpc) is 2.75. The van der Waals surface area contributed by atoms with Crippen molar-refractivity contribution < 1.29 is 4.52 Å². The first-order chi connectivity index (χ1) is 6.27. The van der Waals surface area contributed by atoms with Crippen molar-refractivity contribution in [3.8, 4) is 0 Å². The summed E-state index contributed by atoms with van der Waals surface area (Å²) in [6.07, 6.45) is 2.42. The number of hydrogen-bond acceptors (Lipinski definition) is 4. The average molecular weight is 202 g/mol. The standard InChI is InChI=1S/C8H12ClN3O/c1-6(9)7-10-8(11-13-7)12-4-2-3-5-12/h6H,2-5H2,1H3. The Hall–Kier alpha value is -0.770. The first kappa shape index (κ1) is 8.81. The first-order valence-corrected chi connectivity index (χ1v) is 4.93. The van der Waals surface area contributed by atoms with Crippen LogP contribution in [0.25, 0.3) is 0 Å². The summed E-state index contributed by atoms with van der Waals surface area (Å²) < 4.78 is 5.00. The molecule has 4 nitrogen and oxygen atoms in total. The lowest BCUT2D eigenvalue weighted by Crippen LogP contribution is -2.18. The molecule has 1 atom stereocenters. The zero-order valence-electron chi connectivity index (χ0n) is 7.53. The zero-order valence-corrected chi connectivity index (χ0v) is 8.29. The second-order valence-electron chi connectivity index (χ2n) is 3.24. The number of alkyl halides is 1. The molecule has 0 amide bonds. The topological polar surface area (TPSA) is 42.2 Å². The lowest BCUT2D eigenvalue weighted by Gasteiger charge is -2.09. The number of rotatable bonds is 2. The maximum absolute atomic E-state index is 5.81. The van der Waals surface area contributed by atoms with Gasteiger partial charge in [-0.25, -0.2) is 0 Å². The Bertz CT molecular complexity index is 281. The highest BCUT2D eigenvalue weighted by molar-refractivity contribution is 6.20. The monoisotopic (exact) mass is 201 g/mol. The number of halogens is 1. The summed E-state index contributed by atoms with van der Waals surface area (Å²) in [5.41, 5.74) is 0. The molecule has 1 aromatic rings. The third-order valence-electron chi connectivity index (χ3n) is 2.16. The van der Waals surface area contributed by atoms with Gasteiger partial charge in [-0.2, -0.15) is 4.98 Å². The molecule has 0 aliphatic carbocycles. The minimum Gasteiger partial charge on any atom is -0.338 e. The summed E-state index contributed by atoms with van der Waals surface area (Å²) in [5, 5.41) is 3.67. The van der Waals surface area contributed by atoms with E-state index in [9.17, 15) is 0 Å². The predicted octanol–water partition coefficient (Wildman–Crippen LogP) is 1.97. The van der Waals surface area contributed by atoms with Gasteiger partial charge in [0, 0.05) is 13.1 Å². The van der Waals surface area contributed by atoms with Crippen LogP contribution in [0.4, 0.5) is 5.95 Å². The molecule has 0 aromatic carbocycles. The molecule has 0 N–H and O–H groups in total. The van der Waals surface area contributed by atoms with Crippen LogP contribution in [-0.2, 0) is 0 Å². The first-order valence-electron chi connectivity index (χ1n) is 4.50. The SMILES string of the molecule is CC(Cl)c1nc(N2CCCC2)no1. The molecule has 1 unspecified atom stereocenters. The molecule has 1 aromatic heterocycles. The van der Waals surface area contributed by atoms with Crippen LogP contribution in [0, 0.1) is 0 Å². The molecule has 0 spiro atoms. The number of anilines is 1. The van der Waals surface area contributed by atoms with E-state index in [1.165, 1.54) is 12.8 Å². The number of aromatic nitrogens is 2. The molecule has 1 aliphatic rings. The Morgan fingerprint density at radius 2 is 2.15 bits per heavy atom. The Morgan fingerprint density at radius 3 is 2.69 bits per heavy atom. The Kier molecular flexibility index (Phi) is 2.40. The molecule has 1 aliphatic heterocycles. The lowest BCUT2D eigenvalue weighted by atomic mass is 10.4. The fourth-order valence-corrected chi connectivity index (χ4v) is 1.52. The fourth-order valence-electron chi connectivity index (χ4n) is 1.43. The van der Waals surface area contributed by atoms with Crippen LogP contribution in [0.2, 0.25) is 0 Å². The molecular formula is C8H12ClN3O. The van der Waals surface area contributed by atoms with Crippen LogP contribution < -0.4 is 4.90 Å². The molecule has 1 fully saturated rings. The van der Waals surface area contributed by atoms with Gasteiger partial charge in [0.05, 0.1) is 0 Å². The van der Waals surface area contributed by atoms with Gasteiger partial charge in [-0.05, 0) is 24.9 Å². The van der Waals surface area contributed by atoms with Crippen LogP contribution in [0.1, 0.15) is 31.0 Å². The van der Waals surface area contributed by atoms with E-state index in [4.69, 9.17) is 16.1 Å². The summed E-state index contributed by atoms with van der Waals surface area (Å²) in [6.45, 7) is 3.87. The van der Waals surface area contributed by atoms with Crippen LogP contribution >= 0.6 is 11.6 Å². The van der Waals surface area contributed by atoms with Crippen molar-refractivity contribution in [2.75, 3.05) is 18.0 Å². The fraction of sp³-hybridized carbons (Fsp3) is 0.750. The van der Waals surface area contributed by atoms with Gasteiger partial charge in [0.1, 0.15) is 5.38 Å². The van der Waals surface area contributed by atoms with Crippen molar-refractivity contribution in [1.82, 2.24) is 10.1 Å². The van der Waals surface area contributed by atoms with Crippen LogP contribution in [-0.4, -0.2) is 23.2 Å². The van der Waals surface area contributed by atoms with E-state index in [0.717, 1.165) is 13.1 Å².